The summed E-state index contributed by atoms with van der Waals surface area (Å²) in [4.78, 5) is 7.01. The van der Waals surface area contributed by atoms with Gasteiger partial charge in [0, 0.05) is 44.5 Å². The first-order valence-electron chi connectivity index (χ1n) is 6.89. The van der Waals surface area contributed by atoms with Gasteiger partial charge in [-0.2, -0.15) is 0 Å². The third kappa shape index (κ3) is 5.02. The minimum absolute atomic E-state index is 1.04. The van der Waals surface area contributed by atoms with Crippen molar-refractivity contribution < 1.29 is 0 Å². The number of aryl methyl sites for hydroxylation is 1. The number of rotatable bonds is 6. The summed E-state index contributed by atoms with van der Waals surface area (Å²) in [5, 5.41) is 10.3. The Morgan fingerprint density at radius 1 is 1.39 bits per heavy atom. The van der Waals surface area contributed by atoms with Crippen molar-refractivity contribution in [1.29, 1.82) is 0 Å². The van der Waals surface area contributed by atoms with Crippen LogP contribution in [0, 0.1) is 6.92 Å². The first kappa shape index (κ1) is 13.9. The highest BCUT2D eigenvalue weighted by Gasteiger charge is 2.07. The van der Waals surface area contributed by atoms with Crippen LogP contribution >= 0.6 is 11.3 Å². The SMILES string of the molecule is Cc1nc(CCNCCN2CCCNCC2)cs1. The van der Waals surface area contributed by atoms with Crippen molar-refractivity contribution in [3.63, 3.8) is 0 Å². The molecule has 1 aromatic heterocycles. The maximum atomic E-state index is 4.47. The van der Waals surface area contributed by atoms with Gasteiger partial charge in [-0.3, -0.25) is 0 Å². The Hall–Kier alpha value is -0.490. The van der Waals surface area contributed by atoms with Crippen molar-refractivity contribution >= 4 is 11.3 Å². The van der Waals surface area contributed by atoms with E-state index in [-0.39, 0.29) is 0 Å². The van der Waals surface area contributed by atoms with E-state index in [1.54, 1.807) is 11.3 Å². The third-order valence-corrected chi connectivity index (χ3v) is 4.08. The summed E-state index contributed by atoms with van der Waals surface area (Å²) in [7, 11) is 0. The molecule has 1 fully saturated rings. The van der Waals surface area contributed by atoms with Gasteiger partial charge in [0.2, 0.25) is 0 Å². The molecule has 0 amide bonds. The molecule has 0 atom stereocenters. The van der Waals surface area contributed by atoms with Crippen LogP contribution in [0.5, 0.6) is 0 Å². The van der Waals surface area contributed by atoms with E-state index in [2.05, 4.69) is 32.8 Å². The molecule has 1 aliphatic heterocycles. The molecule has 102 valence electrons. The number of thiazole rings is 1. The molecule has 0 spiro atoms. The molecule has 0 aliphatic carbocycles. The van der Waals surface area contributed by atoms with E-state index in [1.165, 1.54) is 36.8 Å². The number of hydrogen-bond acceptors (Lipinski definition) is 5. The van der Waals surface area contributed by atoms with Crippen molar-refractivity contribution in [3.8, 4) is 0 Å². The van der Waals surface area contributed by atoms with Crippen LogP contribution in [0.3, 0.4) is 0 Å². The van der Waals surface area contributed by atoms with Gasteiger partial charge in [-0.25, -0.2) is 4.98 Å². The van der Waals surface area contributed by atoms with Gasteiger partial charge in [0.05, 0.1) is 10.7 Å². The molecular formula is C13H24N4S. The molecule has 2 N–H and O–H groups in total. The molecule has 1 aromatic rings. The Balaban J connectivity index is 1.52. The van der Waals surface area contributed by atoms with Crippen LogP contribution in [-0.4, -0.2) is 55.7 Å². The van der Waals surface area contributed by atoms with Gasteiger partial charge in [0.1, 0.15) is 0 Å². The highest BCUT2D eigenvalue weighted by molar-refractivity contribution is 7.09. The molecule has 0 bridgehead atoms. The zero-order valence-electron chi connectivity index (χ0n) is 11.2. The van der Waals surface area contributed by atoms with Crippen molar-refractivity contribution in [2.75, 3.05) is 45.8 Å². The zero-order valence-corrected chi connectivity index (χ0v) is 12.1. The van der Waals surface area contributed by atoms with E-state index >= 15 is 0 Å². The lowest BCUT2D eigenvalue weighted by atomic mass is 10.3. The molecule has 0 unspecified atom stereocenters. The third-order valence-electron chi connectivity index (χ3n) is 3.26. The Labute approximate surface area is 114 Å². The number of nitrogens with zero attached hydrogens (tertiary/aromatic N) is 2. The molecule has 1 aliphatic rings. The van der Waals surface area contributed by atoms with Gasteiger partial charge in [0.25, 0.3) is 0 Å². The molecule has 2 rings (SSSR count). The summed E-state index contributed by atoms with van der Waals surface area (Å²) in [6.07, 6.45) is 2.32. The summed E-state index contributed by atoms with van der Waals surface area (Å²) in [5.74, 6) is 0. The summed E-state index contributed by atoms with van der Waals surface area (Å²) < 4.78 is 0. The minimum Gasteiger partial charge on any atom is -0.315 e. The van der Waals surface area contributed by atoms with Gasteiger partial charge < -0.3 is 15.5 Å². The van der Waals surface area contributed by atoms with Crippen LogP contribution < -0.4 is 10.6 Å². The molecule has 18 heavy (non-hydrogen) atoms. The fourth-order valence-corrected chi connectivity index (χ4v) is 2.87. The second-order valence-corrected chi connectivity index (χ2v) is 5.87. The molecular weight excluding hydrogens is 244 g/mol. The minimum atomic E-state index is 1.04. The Morgan fingerprint density at radius 3 is 3.17 bits per heavy atom. The maximum absolute atomic E-state index is 4.47. The van der Waals surface area contributed by atoms with Crippen LogP contribution in [0.25, 0.3) is 0 Å². The predicted octanol–water partition coefficient (Wildman–Crippen LogP) is 0.879. The average Bonchev–Trinajstić information content (AvgIpc) is 2.64. The van der Waals surface area contributed by atoms with Gasteiger partial charge in [-0.05, 0) is 26.4 Å². The molecule has 5 heteroatoms. The summed E-state index contributed by atoms with van der Waals surface area (Å²) >= 11 is 1.74. The first-order chi connectivity index (χ1) is 8.84. The van der Waals surface area contributed by atoms with Crippen LogP contribution in [-0.2, 0) is 6.42 Å². The molecule has 0 saturated carbocycles. The standard InChI is InChI=1S/C13H24N4S/c1-12-16-13(11-18-12)3-5-15-7-10-17-8-2-4-14-6-9-17/h11,14-15H,2-10H2,1H3. The fourth-order valence-electron chi connectivity index (χ4n) is 2.23. The van der Waals surface area contributed by atoms with Crippen LogP contribution in [0.15, 0.2) is 5.38 Å². The quantitative estimate of drug-likeness (QED) is 0.752. The highest BCUT2D eigenvalue weighted by Crippen LogP contribution is 2.07. The van der Waals surface area contributed by atoms with Crippen molar-refractivity contribution in [1.82, 2.24) is 20.5 Å². The summed E-state index contributed by atoms with van der Waals surface area (Å²) in [5.41, 5.74) is 1.23. The molecule has 4 nitrogen and oxygen atoms in total. The van der Waals surface area contributed by atoms with Gasteiger partial charge >= 0.3 is 0 Å². The number of hydrogen-bond donors (Lipinski definition) is 2. The lowest BCUT2D eigenvalue weighted by Gasteiger charge is -2.19. The summed E-state index contributed by atoms with van der Waals surface area (Å²) in [6, 6.07) is 0. The van der Waals surface area contributed by atoms with Crippen LogP contribution in [0.4, 0.5) is 0 Å². The van der Waals surface area contributed by atoms with Gasteiger partial charge in [0.15, 0.2) is 0 Å². The fraction of sp³-hybridized carbons (Fsp3) is 0.769. The number of nitrogens with one attached hydrogen (secondary N) is 2. The van der Waals surface area contributed by atoms with Gasteiger partial charge in [-0.1, -0.05) is 0 Å². The van der Waals surface area contributed by atoms with Crippen LogP contribution in [0.1, 0.15) is 17.1 Å². The number of aromatic nitrogens is 1. The lowest BCUT2D eigenvalue weighted by Crippen LogP contribution is -2.35. The van der Waals surface area contributed by atoms with E-state index in [4.69, 9.17) is 0 Å². The molecule has 2 heterocycles. The largest absolute Gasteiger partial charge is 0.315 e. The van der Waals surface area contributed by atoms with Crippen molar-refractivity contribution in [2.24, 2.45) is 0 Å². The van der Waals surface area contributed by atoms with E-state index in [0.717, 1.165) is 32.6 Å². The van der Waals surface area contributed by atoms with Gasteiger partial charge in [-0.15, -0.1) is 11.3 Å². The lowest BCUT2D eigenvalue weighted by molar-refractivity contribution is 0.292. The monoisotopic (exact) mass is 268 g/mol. The van der Waals surface area contributed by atoms with E-state index in [1.807, 2.05) is 0 Å². The topological polar surface area (TPSA) is 40.2 Å². The maximum Gasteiger partial charge on any atom is 0.0897 e. The van der Waals surface area contributed by atoms with E-state index in [9.17, 15) is 0 Å². The Morgan fingerprint density at radius 2 is 2.33 bits per heavy atom. The average molecular weight is 268 g/mol. The molecule has 1 saturated heterocycles. The Kier molecular flexibility index (Phi) is 6.07. The predicted molar refractivity (Wildman–Crippen MR) is 77.4 cm³/mol. The summed E-state index contributed by atoms with van der Waals surface area (Å²) in [6.45, 7) is 10.1. The Bertz CT molecular complexity index is 331. The highest BCUT2D eigenvalue weighted by atomic mass is 32.1. The second kappa shape index (κ2) is 7.84. The van der Waals surface area contributed by atoms with Crippen molar-refractivity contribution in [2.45, 2.75) is 19.8 Å². The van der Waals surface area contributed by atoms with Crippen LogP contribution in [0.2, 0.25) is 0 Å². The smallest absolute Gasteiger partial charge is 0.0897 e. The first-order valence-corrected chi connectivity index (χ1v) is 7.77. The zero-order chi connectivity index (χ0) is 12.6. The molecule has 0 aromatic carbocycles. The second-order valence-electron chi connectivity index (χ2n) is 4.80. The van der Waals surface area contributed by atoms with E-state index < -0.39 is 0 Å². The normalized spacial score (nSPS) is 17.8. The van der Waals surface area contributed by atoms with E-state index in [0.29, 0.717) is 0 Å². The molecule has 0 radical (unpaired) electrons. The van der Waals surface area contributed by atoms with Crippen molar-refractivity contribution in [3.05, 3.63) is 16.1 Å².